The van der Waals surface area contributed by atoms with Gasteiger partial charge in [0.2, 0.25) is 0 Å². The molecule has 0 saturated heterocycles. The van der Waals surface area contributed by atoms with E-state index in [4.69, 9.17) is 9.47 Å². The van der Waals surface area contributed by atoms with Crippen LogP contribution in [0.2, 0.25) is 0 Å². The Kier molecular flexibility index (Phi) is 4.26. The lowest BCUT2D eigenvalue weighted by Crippen LogP contribution is -2.46. The van der Waals surface area contributed by atoms with Crippen LogP contribution in [0.25, 0.3) is 0 Å². The summed E-state index contributed by atoms with van der Waals surface area (Å²) in [5.41, 5.74) is 0. The average Bonchev–Trinajstić information content (AvgIpc) is 2.27. The van der Waals surface area contributed by atoms with E-state index in [1.807, 2.05) is 31.2 Å². The highest BCUT2D eigenvalue weighted by Crippen LogP contribution is 2.27. The summed E-state index contributed by atoms with van der Waals surface area (Å²) in [4.78, 5) is 0. The third-order valence-electron chi connectivity index (χ3n) is 3.01. The maximum absolute atomic E-state index is 5.89. The Hall–Kier alpha value is -1.22. The van der Waals surface area contributed by atoms with Crippen molar-refractivity contribution in [2.24, 2.45) is 0 Å². The molecule has 0 spiro atoms. The third kappa shape index (κ3) is 3.37. The van der Waals surface area contributed by atoms with Gasteiger partial charge in [-0.25, -0.2) is 0 Å². The minimum Gasteiger partial charge on any atom is -0.494 e. The van der Waals surface area contributed by atoms with Gasteiger partial charge < -0.3 is 14.8 Å². The van der Waals surface area contributed by atoms with E-state index in [0.29, 0.717) is 18.8 Å². The highest BCUT2D eigenvalue weighted by Gasteiger charge is 2.29. The topological polar surface area (TPSA) is 30.5 Å². The number of benzene rings is 1. The second-order valence-corrected chi connectivity index (χ2v) is 4.37. The zero-order chi connectivity index (χ0) is 12.1. The van der Waals surface area contributed by atoms with Gasteiger partial charge in [-0.3, -0.25) is 0 Å². The first-order chi connectivity index (χ1) is 8.31. The molecule has 0 heterocycles. The molecule has 1 aliphatic carbocycles. The predicted octanol–water partition coefficient (Wildman–Crippen LogP) is 2.60. The molecule has 0 radical (unpaired) electrons. The molecule has 0 bridgehead atoms. The number of rotatable bonds is 6. The van der Waals surface area contributed by atoms with Gasteiger partial charge >= 0.3 is 0 Å². The molecule has 2 rings (SSSR count). The minimum absolute atomic E-state index is 0.357. The van der Waals surface area contributed by atoms with Crippen molar-refractivity contribution < 1.29 is 9.47 Å². The van der Waals surface area contributed by atoms with Crippen molar-refractivity contribution in [1.29, 1.82) is 0 Å². The summed E-state index contributed by atoms with van der Waals surface area (Å²) in [6, 6.07) is 8.52. The largest absolute Gasteiger partial charge is 0.494 e. The fourth-order valence-electron chi connectivity index (χ4n) is 2.11. The highest BCUT2D eigenvalue weighted by atomic mass is 16.5. The summed E-state index contributed by atoms with van der Waals surface area (Å²) in [6.07, 6.45) is 2.57. The van der Waals surface area contributed by atoms with Gasteiger partial charge in [-0.2, -0.15) is 0 Å². The molecule has 1 saturated carbocycles. The molecule has 94 valence electrons. The molecule has 3 heteroatoms. The van der Waals surface area contributed by atoms with Gasteiger partial charge in [0.05, 0.1) is 6.61 Å². The maximum Gasteiger partial charge on any atom is 0.123 e. The van der Waals surface area contributed by atoms with E-state index >= 15 is 0 Å². The average molecular weight is 235 g/mol. The molecular weight excluding hydrogens is 214 g/mol. The molecule has 17 heavy (non-hydrogen) atoms. The van der Waals surface area contributed by atoms with Crippen LogP contribution in [-0.2, 0) is 0 Å². The lowest BCUT2D eigenvalue weighted by Gasteiger charge is -2.35. The minimum atomic E-state index is 0.357. The van der Waals surface area contributed by atoms with E-state index in [0.717, 1.165) is 30.9 Å². The van der Waals surface area contributed by atoms with E-state index in [2.05, 4.69) is 12.2 Å². The Morgan fingerprint density at radius 3 is 2.71 bits per heavy atom. The second-order valence-electron chi connectivity index (χ2n) is 4.37. The summed E-state index contributed by atoms with van der Waals surface area (Å²) in [5, 5.41) is 3.42. The summed E-state index contributed by atoms with van der Waals surface area (Å²) in [6.45, 7) is 5.85. The molecule has 1 aromatic carbocycles. The number of hydrogen-bond acceptors (Lipinski definition) is 3. The molecule has 3 nitrogen and oxygen atoms in total. The highest BCUT2D eigenvalue weighted by molar-refractivity contribution is 5.33. The molecule has 1 fully saturated rings. The Balaban J connectivity index is 1.81. The van der Waals surface area contributed by atoms with E-state index in [1.54, 1.807) is 0 Å². The Bertz CT molecular complexity index is 348. The summed E-state index contributed by atoms with van der Waals surface area (Å²) < 4.78 is 11.3. The second kappa shape index (κ2) is 5.92. The van der Waals surface area contributed by atoms with E-state index in [-0.39, 0.29) is 0 Å². The van der Waals surface area contributed by atoms with Gasteiger partial charge in [-0.1, -0.05) is 13.0 Å². The summed E-state index contributed by atoms with van der Waals surface area (Å²) in [5.74, 6) is 1.79. The van der Waals surface area contributed by atoms with Crippen molar-refractivity contribution in [2.75, 3.05) is 13.2 Å². The van der Waals surface area contributed by atoms with Crippen LogP contribution in [-0.4, -0.2) is 25.3 Å². The van der Waals surface area contributed by atoms with Crippen molar-refractivity contribution in [3.8, 4) is 11.5 Å². The van der Waals surface area contributed by atoms with Gasteiger partial charge in [0.1, 0.15) is 17.6 Å². The Morgan fingerprint density at radius 1 is 1.24 bits per heavy atom. The van der Waals surface area contributed by atoms with E-state index in [9.17, 15) is 0 Å². The summed E-state index contributed by atoms with van der Waals surface area (Å²) >= 11 is 0. The predicted molar refractivity (Wildman–Crippen MR) is 68.7 cm³/mol. The van der Waals surface area contributed by atoms with Crippen LogP contribution in [0.4, 0.5) is 0 Å². The fraction of sp³-hybridized carbons (Fsp3) is 0.571. The monoisotopic (exact) mass is 235 g/mol. The molecule has 0 unspecified atom stereocenters. The van der Waals surface area contributed by atoms with Crippen molar-refractivity contribution in [3.63, 3.8) is 0 Å². The third-order valence-corrected chi connectivity index (χ3v) is 3.01. The lowest BCUT2D eigenvalue weighted by atomic mass is 9.89. The standard InChI is InChI=1S/C14H21NO2/c1-3-15-11-8-14(9-11)17-13-7-5-6-12(10-13)16-4-2/h5-7,10-11,14-15H,3-4,8-9H2,1-2H3. The van der Waals surface area contributed by atoms with Crippen molar-refractivity contribution in [2.45, 2.75) is 38.8 Å². The van der Waals surface area contributed by atoms with Gasteiger partial charge in [-0.05, 0) is 38.4 Å². The molecule has 0 aromatic heterocycles. The van der Waals surface area contributed by atoms with Crippen molar-refractivity contribution in [3.05, 3.63) is 24.3 Å². The zero-order valence-corrected chi connectivity index (χ0v) is 10.6. The first kappa shape index (κ1) is 12.2. The van der Waals surface area contributed by atoms with Crippen LogP contribution < -0.4 is 14.8 Å². The normalized spacial score (nSPS) is 22.9. The van der Waals surface area contributed by atoms with Gasteiger partial charge in [-0.15, -0.1) is 0 Å². The summed E-state index contributed by atoms with van der Waals surface area (Å²) in [7, 11) is 0. The first-order valence-corrected chi connectivity index (χ1v) is 6.44. The molecule has 1 N–H and O–H groups in total. The molecule has 1 aliphatic rings. The molecule has 0 atom stereocenters. The van der Waals surface area contributed by atoms with Crippen LogP contribution in [0.3, 0.4) is 0 Å². The SMILES string of the molecule is CCNC1CC(Oc2cccc(OCC)c2)C1. The molecule has 1 aromatic rings. The Morgan fingerprint density at radius 2 is 2.00 bits per heavy atom. The van der Waals surface area contributed by atoms with Gasteiger partial charge in [0.25, 0.3) is 0 Å². The smallest absolute Gasteiger partial charge is 0.123 e. The van der Waals surface area contributed by atoms with Crippen LogP contribution in [0.5, 0.6) is 11.5 Å². The van der Waals surface area contributed by atoms with Crippen LogP contribution in [0, 0.1) is 0 Å². The van der Waals surface area contributed by atoms with E-state index < -0.39 is 0 Å². The van der Waals surface area contributed by atoms with Crippen molar-refractivity contribution >= 4 is 0 Å². The molecule has 0 amide bonds. The van der Waals surface area contributed by atoms with Gasteiger partial charge in [0.15, 0.2) is 0 Å². The van der Waals surface area contributed by atoms with Crippen LogP contribution >= 0.6 is 0 Å². The zero-order valence-electron chi connectivity index (χ0n) is 10.6. The molecule has 0 aliphatic heterocycles. The van der Waals surface area contributed by atoms with Crippen LogP contribution in [0.1, 0.15) is 26.7 Å². The quantitative estimate of drug-likeness (QED) is 0.822. The number of nitrogens with one attached hydrogen (secondary N) is 1. The number of ether oxygens (including phenoxy) is 2. The Labute approximate surface area is 103 Å². The first-order valence-electron chi connectivity index (χ1n) is 6.44. The lowest BCUT2D eigenvalue weighted by molar-refractivity contribution is 0.0857. The van der Waals surface area contributed by atoms with Crippen LogP contribution in [0.15, 0.2) is 24.3 Å². The maximum atomic E-state index is 5.89. The van der Waals surface area contributed by atoms with Gasteiger partial charge in [0, 0.05) is 12.1 Å². The number of hydrogen-bond donors (Lipinski definition) is 1. The fourth-order valence-corrected chi connectivity index (χ4v) is 2.11. The van der Waals surface area contributed by atoms with Crippen molar-refractivity contribution in [1.82, 2.24) is 5.32 Å². The van der Waals surface area contributed by atoms with E-state index in [1.165, 1.54) is 0 Å². The molecular formula is C14H21NO2.